The third-order valence-electron chi connectivity index (χ3n) is 3.39. The minimum Gasteiger partial charge on any atom is -0.390 e. The summed E-state index contributed by atoms with van der Waals surface area (Å²) < 4.78 is 7.71. The molecule has 2 heterocycles. The molecule has 1 N–H and O–H groups in total. The minimum atomic E-state index is -0.614. The van der Waals surface area contributed by atoms with Crippen LogP contribution < -0.4 is 0 Å². The van der Waals surface area contributed by atoms with Crippen LogP contribution in [0.25, 0.3) is 4.96 Å². The number of hydrogen-bond donors (Lipinski definition) is 1. The van der Waals surface area contributed by atoms with Gasteiger partial charge >= 0.3 is 0 Å². The summed E-state index contributed by atoms with van der Waals surface area (Å²) in [4.78, 5) is 5.46. The molecule has 0 radical (unpaired) electrons. The van der Waals surface area contributed by atoms with E-state index in [1.54, 1.807) is 11.3 Å². The Balaban J connectivity index is 1.77. The Morgan fingerprint density at radius 3 is 2.86 bits per heavy atom. The molecule has 21 heavy (non-hydrogen) atoms. The largest absolute Gasteiger partial charge is 0.390 e. The van der Waals surface area contributed by atoms with Crippen molar-refractivity contribution in [2.75, 3.05) is 6.61 Å². The molecule has 0 aliphatic rings. The normalized spacial score (nSPS) is 14.4. The smallest absolute Gasteiger partial charge is 0.193 e. The molecule has 0 bridgehead atoms. The van der Waals surface area contributed by atoms with Gasteiger partial charge in [-0.1, -0.05) is 30.3 Å². The quantitative estimate of drug-likeness (QED) is 0.761. The molecule has 5 heteroatoms. The summed E-state index contributed by atoms with van der Waals surface area (Å²) in [5, 5.41) is 12.5. The number of benzene rings is 1. The number of nitrogens with zero attached hydrogens (tertiary/aromatic N) is 2. The molecule has 2 unspecified atom stereocenters. The minimum absolute atomic E-state index is 0.323. The van der Waals surface area contributed by atoms with Crippen molar-refractivity contribution < 1.29 is 9.84 Å². The number of aliphatic hydroxyl groups is 1. The lowest BCUT2D eigenvalue weighted by molar-refractivity contribution is -0.0343. The van der Waals surface area contributed by atoms with Crippen LogP contribution in [-0.4, -0.2) is 27.2 Å². The van der Waals surface area contributed by atoms with Crippen LogP contribution in [0.15, 0.2) is 48.1 Å². The van der Waals surface area contributed by atoms with Gasteiger partial charge in [0, 0.05) is 30.8 Å². The molecule has 0 spiro atoms. The Labute approximate surface area is 127 Å². The Bertz CT molecular complexity index is 664. The first-order valence-electron chi connectivity index (χ1n) is 7.03. The number of aromatic nitrogens is 2. The fraction of sp³-hybridized carbons (Fsp3) is 0.312. The molecule has 1 aromatic carbocycles. The summed E-state index contributed by atoms with van der Waals surface area (Å²) in [6.45, 7) is 2.50. The zero-order chi connectivity index (χ0) is 14.7. The molecule has 0 amide bonds. The monoisotopic (exact) mass is 302 g/mol. The summed E-state index contributed by atoms with van der Waals surface area (Å²) in [6.07, 6.45) is 3.48. The van der Waals surface area contributed by atoms with Gasteiger partial charge in [0.15, 0.2) is 4.96 Å². The zero-order valence-electron chi connectivity index (χ0n) is 11.8. The van der Waals surface area contributed by atoms with E-state index >= 15 is 0 Å². The van der Waals surface area contributed by atoms with E-state index in [1.165, 1.54) is 0 Å². The van der Waals surface area contributed by atoms with E-state index in [0.29, 0.717) is 13.0 Å². The van der Waals surface area contributed by atoms with Crippen LogP contribution in [0.2, 0.25) is 0 Å². The predicted octanol–water partition coefficient (Wildman–Crippen LogP) is 3.08. The molecule has 0 saturated heterocycles. The van der Waals surface area contributed by atoms with Crippen molar-refractivity contribution in [2.45, 2.75) is 25.6 Å². The van der Waals surface area contributed by atoms with Gasteiger partial charge in [0.25, 0.3) is 0 Å². The van der Waals surface area contributed by atoms with Crippen molar-refractivity contribution in [3.05, 3.63) is 59.4 Å². The van der Waals surface area contributed by atoms with E-state index in [9.17, 15) is 5.11 Å². The second-order valence-electron chi connectivity index (χ2n) is 4.88. The van der Waals surface area contributed by atoms with E-state index in [-0.39, 0.29) is 6.10 Å². The third kappa shape index (κ3) is 3.15. The molecule has 0 saturated carbocycles. The molecule has 0 aliphatic heterocycles. The Morgan fingerprint density at radius 1 is 1.33 bits per heavy atom. The van der Waals surface area contributed by atoms with Crippen LogP contribution in [0.1, 0.15) is 24.3 Å². The topological polar surface area (TPSA) is 46.8 Å². The molecule has 0 fully saturated rings. The summed E-state index contributed by atoms with van der Waals surface area (Å²) in [5.41, 5.74) is 1.88. The molecule has 2 atom stereocenters. The van der Waals surface area contributed by atoms with Crippen LogP contribution in [0.4, 0.5) is 0 Å². The van der Waals surface area contributed by atoms with Gasteiger partial charge in [-0.2, -0.15) is 0 Å². The average Bonchev–Trinajstić information content (AvgIpc) is 3.06. The molecule has 4 nitrogen and oxygen atoms in total. The highest BCUT2D eigenvalue weighted by Gasteiger charge is 2.22. The highest BCUT2D eigenvalue weighted by atomic mass is 32.1. The van der Waals surface area contributed by atoms with Crippen LogP contribution in [0.3, 0.4) is 0 Å². The third-order valence-corrected chi connectivity index (χ3v) is 4.16. The first kappa shape index (κ1) is 14.3. The van der Waals surface area contributed by atoms with Gasteiger partial charge < -0.3 is 9.84 Å². The van der Waals surface area contributed by atoms with Crippen molar-refractivity contribution in [3.63, 3.8) is 0 Å². The van der Waals surface area contributed by atoms with E-state index < -0.39 is 6.10 Å². The molecular weight excluding hydrogens is 284 g/mol. The number of hydrogen-bond acceptors (Lipinski definition) is 4. The van der Waals surface area contributed by atoms with E-state index in [0.717, 1.165) is 16.2 Å². The van der Waals surface area contributed by atoms with Gasteiger partial charge in [-0.3, -0.25) is 4.40 Å². The van der Waals surface area contributed by atoms with Crippen molar-refractivity contribution in [3.8, 4) is 0 Å². The lowest BCUT2D eigenvalue weighted by Gasteiger charge is -2.22. The van der Waals surface area contributed by atoms with Gasteiger partial charge in [0.05, 0.1) is 11.8 Å². The average molecular weight is 302 g/mol. The Morgan fingerprint density at radius 2 is 2.14 bits per heavy atom. The summed E-state index contributed by atoms with van der Waals surface area (Å²) in [7, 11) is 0. The number of imidazole rings is 1. The summed E-state index contributed by atoms with van der Waals surface area (Å²) in [6, 6.07) is 9.84. The molecule has 0 aliphatic carbocycles. The number of aliphatic hydroxyl groups excluding tert-OH is 1. The maximum atomic E-state index is 10.5. The van der Waals surface area contributed by atoms with Crippen LogP contribution in [0.5, 0.6) is 0 Å². The molecule has 110 valence electrons. The maximum absolute atomic E-state index is 10.5. The second-order valence-corrected chi connectivity index (χ2v) is 5.76. The van der Waals surface area contributed by atoms with Gasteiger partial charge in [0.1, 0.15) is 6.10 Å². The van der Waals surface area contributed by atoms with Crippen LogP contribution in [-0.2, 0) is 11.2 Å². The fourth-order valence-corrected chi connectivity index (χ4v) is 3.17. The molecular formula is C16H18N2O2S. The predicted molar refractivity (Wildman–Crippen MR) is 83.6 cm³/mol. The van der Waals surface area contributed by atoms with E-state index in [1.807, 2.05) is 59.4 Å². The second kappa shape index (κ2) is 6.39. The van der Waals surface area contributed by atoms with Gasteiger partial charge in [0.2, 0.25) is 0 Å². The standard InChI is InChI=1S/C16H18N2O2S/c1-2-20-15(12-6-4-3-5-7-12)14(19)10-13-11-18-8-9-21-16(18)17-13/h3-9,11,14-15,19H,2,10H2,1H3. The molecule has 2 aromatic heterocycles. The van der Waals surface area contributed by atoms with Crippen LogP contribution >= 0.6 is 11.3 Å². The summed E-state index contributed by atoms with van der Waals surface area (Å²) >= 11 is 1.59. The van der Waals surface area contributed by atoms with Gasteiger partial charge in [-0.05, 0) is 12.5 Å². The number of fused-ring (bicyclic) bond motifs is 1. The molecule has 3 rings (SSSR count). The van der Waals surface area contributed by atoms with Crippen molar-refractivity contribution in [2.24, 2.45) is 0 Å². The lowest BCUT2D eigenvalue weighted by Crippen LogP contribution is -2.24. The zero-order valence-corrected chi connectivity index (χ0v) is 12.7. The highest BCUT2D eigenvalue weighted by Crippen LogP contribution is 2.24. The number of thiazole rings is 1. The van der Waals surface area contributed by atoms with E-state index in [4.69, 9.17) is 4.74 Å². The maximum Gasteiger partial charge on any atom is 0.193 e. The highest BCUT2D eigenvalue weighted by molar-refractivity contribution is 7.15. The first-order chi connectivity index (χ1) is 10.3. The SMILES string of the molecule is CCOC(c1ccccc1)C(O)Cc1cn2ccsc2n1. The fourth-order valence-electron chi connectivity index (χ4n) is 2.45. The van der Waals surface area contributed by atoms with Crippen molar-refractivity contribution in [1.29, 1.82) is 0 Å². The van der Waals surface area contributed by atoms with Gasteiger partial charge in [-0.25, -0.2) is 4.98 Å². The summed E-state index contributed by atoms with van der Waals surface area (Å²) in [5.74, 6) is 0. The first-order valence-corrected chi connectivity index (χ1v) is 7.91. The van der Waals surface area contributed by atoms with Crippen LogP contribution in [0, 0.1) is 0 Å². The number of rotatable bonds is 6. The lowest BCUT2D eigenvalue weighted by atomic mass is 10.0. The van der Waals surface area contributed by atoms with Gasteiger partial charge in [-0.15, -0.1) is 11.3 Å². The van der Waals surface area contributed by atoms with Crippen molar-refractivity contribution in [1.82, 2.24) is 9.38 Å². The molecule has 3 aromatic rings. The van der Waals surface area contributed by atoms with E-state index in [2.05, 4.69) is 4.98 Å². The Kier molecular flexibility index (Phi) is 4.34. The number of ether oxygens (including phenoxy) is 1. The Hall–Kier alpha value is -1.69. The van der Waals surface area contributed by atoms with Crippen molar-refractivity contribution >= 4 is 16.3 Å².